The first-order valence-corrected chi connectivity index (χ1v) is 10.5. The molecule has 0 spiro atoms. The van der Waals surface area contributed by atoms with E-state index in [-0.39, 0.29) is 27.6 Å². The Bertz CT molecular complexity index is 1070. The molecule has 0 fully saturated rings. The third-order valence-electron chi connectivity index (χ3n) is 4.18. The van der Waals surface area contributed by atoms with Gasteiger partial charge >= 0.3 is 0 Å². The smallest absolute Gasteiger partial charge is 0.261 e. The van der Waals surface area contributed by atoms with Crippen LogP contribution in [-0.2, 0) is 10.0 Å². The molecule has 5 nitrogen and oxygen atoms in total. The number of benzene rings is 3. The average molecular weight is 415 g/mol. The first-order valence-electron chi connectivity index (χ1n) is 8.60. The first-order chi connectivity index (χ1) is 13.4. The second kappa shape index (κ2) is 8.46. The van der Waals surface area contributed by atoms with E-state index < -0.39 is 10.0 Å². The lowest BCUT2D eigenvalue weighted by molar-refractivity contribution is 0.0940. The summed E-state index contributed by atoms with van der Waals surface area (Å²) in [6, 6.07) is 21.8. The molecule has 7 heteroatoms. The van der Waals surface area contributed by atoms with Gasteiger partial charge in [0.05, 0.1) is 21.6 Å². The highest BCUT2D eigenvalue weighted by Gasteiger charge is 2.17. The van der Waals surface area contributed by atoms with Crippen molar-refractivity contribution in [2.75, 3.05) is 4.72 Å². The fraction of sp³-hybridized carbons (Fsp3) is 0.0952. The van der Waals surface area contributed by atoms with E-state index in [1.807, 2.05) is 37.3 Å². The first kappa shape index (κ1) is 19.9. The molecule has 0 saturated heterocycles. The Morgan fingerprint density at radius 3 is 2.14 bits per heavy atom. The predicted molar refractivity (Wildman–Crippen MR) is 111 cm³/mol. The normalized spacial score (nSPS) is 12.2. The lowest BCUT2D eigenvalue weighted by Crippen LogP contribution is -2.26. The molecule has 1 unspecified atom stereocenters. The number of hydrogen-bond donors (Lipinski definition) is 2. The highest BCUT2D eigenvalue weighted by Crippen LogP contribution is 2.26. The molecule has 28 heavy (non-hydrogen) atoms. The van der Waals surface area contributed by atoms with Crippen LogP contribution in [-0.4, -0.2) is 14.3 Å². The summed E-state index contributed by atoms with van der Waals surface area (Å²) in [5, 5.41) is 3.04. The summed E-state index contributed by atoms with van der Waals surface area (Å²) in [5.41, 5.74) is 1.53. The van der Waals surface area contributed by atoms with E-state index in [1.165, 1.54) is 30.3 Å². The molecule has 0 aliphatic carbocycles. The number of carbonyl (C=O) groups excluding carboxylic acids is 1. The van der Waals surface area contributed by atoms with Crippen LogP contribution in [0.15, 0.2) is 83.8 Å². The Kier molecular flexibility index (Phi) is 6.02. The fourth-order valence-corrected chi connectivity index (χ4v) is 4.03. The van der Waals surface area contributed by atoms with E-state index in [0.29, 0.717) is 5.56 Å². The minimum atomic E-state index is -3.76. The largest absolute Gasteiger partial charge is 0.346 e. The minimum absolute atomic E-state index is 0.129. The molecular formula is C21H19ClN2O3S. The maximum absolute atomic E-state index is 12.5. The van der Waals surface area contributed by atoms with Gasteiger partial charge in [0.15, 0.2) is 0 Å². The molecular weight excluding hydrogens is 396 g/mol. The summed E-state index contributed by atoms with van der Waals surface area (Å²) in [5.74, 6) is -0.296. The zero-order chi connectivity index (χ0) is 20.1. The summed E-state index contributed by atoms with van der Waals surface area (Å²) < 4.78 is 27.3. The number of sulfonamides is 1. The maximum Gasteiger partial charge on any atom is 0.261 e. The van der Waals surface area contributed by atoms with Crippen molar-refractivity contribution in [1.29, 1.82) is 0 Å². The summed E-state index contributed by atoms with van der Waals surface area (Å²) in [6.07, 6.45) is 0. The van der Waals surface area contributed by atoms with Crippen LogP contribution in [0.25, 0.3) is 0 Å². The van der Waals surface area contributed by atoms with Crippen molar-refractivity contribution < 1.29 is 13.2 Å². The van der Waals surface area contributed by atoms with Gasteiger partial charge in [-0.3, -0.25) is 9.52 Å². The molecule has 144 valence electrons. The lowest BCUT2D eigenvalue weighted by atomic mass is 10.1. The molecule has 0 bridgehead atoms. The van der Waals surface area contributed by atoms with E-state index in [4.69, 9.17) is 11.6 Å². The van der Waals surface area contributed by atoms with Gasteiger partial charge in [-0.05, 0) is 42.8 Å². The molecule has 0 aromatic heterocycles. The Morgan fingerprint density at radius 1 is 0.929 bits per heavy atom. The number of carbonyl (C=O) groups is 1. The average Bonchev–Trinajstić information content (AvgIpc) is 2.70. The van der Waals surface area contributed by atoms with Gasteiger partial charge in [0.2, 0.25) is 0 Å². The standard InChI is InChI=1S/C21H19ClN2O3S/c1-15(16-8-4-2-5-9-16)23-21(25)17-12-13-20(19(22)14-17)24-28(26,27)18-10-6-3-7-11-18/h2-15,24H,1H3,(H,23,25). The van der Waals surface area contributed by atoms with Crippen LogP contribution in [0.3, 0.4) is 0 Å². The van der Waals surface area contributed by atoms with E-state index in [0.717, 1.165) is 5.56 Å². The Labute approximate surface area is 169 Å². The summed E-state index contributed by atoms with van der Waals surface area (Å²) in [6.45, 7) is 1.89. The van der Waals surface area contributed by atoms with Crippen LogP contribution in [0.5, 0.6) is 0 Å². The quantitative estimate of drug-likeness (QED) is 0.617. The maximum atomic E-state index is 12.5. The molecule has 2 N–H and O–H groups in total. The SMILES string of the molecule is CC(NC(=O)c1ccc(NS(=O)(=O)c2ccccc2)c(Cl)c1)c1ccccc1. The third kappa shape index (κ3) is 4.71. The summed E-state index contributed by atoms with van der Waals surface area (Å²) in [4.78, 5) is 12.6. The summed E-state index contributed by atoms with van der Waals surface area (Å²) >= 11 is 6.21. The van der Waals surface area contributed by atoms with Gasteiger partial charge < -0.3 is 5.32 Å². The number of amides is 1. The van der Waals surface area contributed by atoms with Crippen molar-refractivity contribution in [3.05, 3.63) is 95.0 Å². The van der Waals surface area contributed by atoms with Gasteiger partial charge in [-0.25, -0.2) is 8.42 Å². The number of halogens is 1. The zero-order valence-electron chi connectivity index (χ0n) is 15.1. The van der Waals surface area contributed by atoms with Crippen LogP contribution in [0, 0.1) is 0 Å². The minimum Gasteiger partial charge on any atom is -0.346 e. The van der Waals surface area contributed by atoms with Gasteiger partial charge in [0.1, 0.15) is 0 Å². The highest BCUT2D eigenvalue weighted by molar-refractivity contribution is 7.92. The van der Waals surface area contributed by atoms with E-state index >= 15 is 0 Å². The van der Waals surface area contributed by atoms with Crippen molar-refractivity contribution in [2.45, 2.75) is 17.9 Å². The van der Waals surface area contributed by atoms with E-state index in [2.05, 4.69) is 10.0 Å². The molecule has 1 atom stereocenters. The summed E-state index contributed by atoms with van der Waals surface area (Å²) in [7, 11) is -3.76. The van der Waals surface area contributed by atoms with Gasteiger partial charge in [0.25, 0.3) is 15.9 Å². The molecule has 3 rings (SSSR count). The van der Waals surface area contributed by atoms with Gasteiger partial charge in [0, 0.05) is 5.56 Å². The topological polar surface area (TPSA) is 75.3 Å². The van der Waals surface area contributed by atoms with Crippen LogP contribution in [0.2, 0.25) is 5.02 Å². The molecule has 0 saturated carbocycles. The number of nitrogens with one attached hydrogen (secondary N) is 2. The Morgan fingerprint density at radius 2 is 1.54 bits per heavy atom. The van der Waals surface area contributed by atoms with Crippen LogP contribution >= 0.6 is 11.6 Å². The van der Waals surface area contributed by atoms with Gasteiger partial charge in [-0.15, -0.1) is 0 Å². The molecule has 3 aromatic rings. The number of anilines is 1. The predicted octanol–water partition coefficient (Wildman–Crippen LogP) is 4.63. The molecule has 0 aliphatic heterocycles. The Hall–Kier alpha value is -2.83. The molecule has 1 amide bonds. The zero-order valence-corrected chi connectivity index (χ0v) is 16.7. The Balaban J connectivity index is 1.74. The van der Waals surface area contributed by atoms with Crippen LogP contribution in [0.1, 0.15) is 28.9 Å². The van der Waals surface area contributed by atoms with Crippen molar-refractivity contribution in [3.8, 4) is 0 Å². The van der Waals surface area contributed by atoms with Gasteiger partial charge in [-0.2, -0.15) is 0 Å². The van der Waals surface area contributed by atoms with Crippen molar-refractivity contribution in [2.24, 2.45) is 0 Å². The molecule has 3 aromatic carbocycles. The third-order valence-corrected chi connectivity index (χ3v) is 5.87. The van der Waals surface area contributed by atoms with Crippen molar-refractivity contribution >= 4 is 33.2 Å². The fourth-order valence-electron chi connectivity index (χ4n) is 2.65. The van der Waals surface area contributed by atoms with Crippen molar-refractivity contribution in [3.63, 3.8) is 0 Å². The van der Waals surface area contributed by atoms with Crippen molar-refractivity contribution in [1.82, 2.24) is 5.32 Å². The molecule has 0 aliphatic rings. The monoisotopic (exact) mass is 414 g/mol. The van der Waals surface area contributed by atoms with Crippen LogP contribution in [0.4, 0.5) is 5.69 Å². The molecule has 0 radical (unpaired) electrons. The van der Waals surface area contributed by atoms with E-state index in [1.54, 1.807) is 18.2 Å². The number of rotatable bonds is 6. The van der Waals surface area contributed by atoms with Crippen LogP contribution < -0.4 is 10.0 Å². The number of hydrogen-bond acceptors (Lipinski definition) is 3. The van der Waals surface area contributed by atoms with Gasteiger partial charge in [-0.1, -0.05) is 60.1 Å². The lowest BCUT2D eigenvalue weighted by Gasteiger charge is -2.15. The second-order valence-corrected chi connectivity index (χ2v) is 8.31. The second-order valence-electron chi connectivity index (χ2n) is 6.22. The molecule has 0 heterocycles. The van der Waals surface area contributed by atoms with E-state index in [9.17, 15) is 13.2 Å². The highest BCUT2D eigenvalue weighted by atomic mass is 35.5.